The van der Waals surface area contributed by atoms with Crippen LogP contribution in [0.3, 0.4) is 0 Å². The molecule has 0 aliphatic heterocycles. The fourth-order valence-corrected chi connectivity index (χ4v) is 2.68. The van der Waals surface area contributed by atoms with E-state index in [0.717, 1.165) is 20.9 Å². The number of nitrogens with two attached hydrogens (primary N) is 1. The Hall–Kier alpha value is -0.920. The third kappa shape index (κ3) is 3.05. The summed E-state index contributed by atoms with van der Waals surface area (Å²) >= 11 is 5.01. The lowest BCUT2D eigenvalue weighted by Gasteiger charge is -2.07. The summed E-state index contributed by atoms with van der Waals surface area (Å²) in [7, 11) is 1.82. The van der Waals surface area contributed by atoms with Gasteiger partial charge < -0.3 is 5.73 Å². The van der Waals surface area contributed by atoms with Crippen LogP contribution < -0.4 is 5.73 Å². The van der Waals surface area contributed by atoms with Gasteiger partial charge in [-0.05, 0) is 58.9 Å². The first-order valence-electron chi connectivity index (χ1n) is 5.09. The van der Waals surface area contributed by atoms with Gasteiger partial charge in [-0.25, -0.2) is 4.68 Å². The van der Waals surface area contributed by atoms with E-state index in [1.807, 2.05) is 13.1 Å². The molecule has 0 radical (unpaired) electrons. The van der Waals surface area contributed by atoms with Gasteiger partial charge in [0, 0.05) is 16.4 Å². The van der Waals surface area contributed by atoms with Gasteiger partial charge in [-0.1, -0.05) is 15.9 Å². The van der Waals surface area contributed by atoms with Gasteiger partial charge in [-0.2, -0.15) is 0 Å². The van der Waals surface area contributed by atoms with Gasteiger partial charge in [0.25, 0.3) is 0 Å². The molecule has 0 amide bonds. The van der Waals surface area contributed by atoms with Crippen molar-refractivity contribution in [3.8, 4) is 0 Å². The number of aryl methyl sites for hydroxylation is 1. The molecule has 0 aliphatic rings. The molecule has 90 valence electrons. The third-order valence-corrected chi connectivity index (χ3v) is 3.86. The van der Waals surface area contributed by atoms with Gasteiger partial charge in [0.15, 0.2) is 0 Å². The summed E-state index contributed by atoms with van der Waals surface area (Å²) in [6.07, 6.45) is 0.840. The lowest BCUT2D eigenvalue weighted by atomic mass is 10.1. The van der Waals surface area contributed by atoms with Crippen LogP contribution in [0.4, 0.5) is 0 Å². The van der Waals surface area contributed by atoms with Crippen molar-refractivity contribution in [2.24, 2.45) is 12.8 Å². The summed E-state index contributed by atoms with van der Waals surface area (Å²) in [5.41, 5.74) is 6.82. The van der Waals surface area contributed by atoms with Crippen LogP contribution in [0.25, 0.3) is 0 Å². The second kappa shape index (κ2) is 5.61. The Labute approximate surface area is 112 Å². The first-order valence-corrected chi connectivity index (χ1v) is 6.70. The summed E-state index contributed by atoms with van der Waals surface area (Å²) < 4.78 is 2.71. The predicted octanol–water partition coefficient (Wildman–Crippen LogP) is 1.62. The molecule has 0 atom stereocenters. The maximum atomic E-state index is 5.61. The fraction of sp³-hybridized carbons (Fsp3) is 0.300. The second-order valence-corrected chi connectivity index (χ2v) is 5.40. The SMILES string of the molecule is Cn1nnnc1Sc1ccc(Br)cc1CCN. The average molecular weight is 314 g/mol. The number of rotatable bonds is 4. The molecular weight excluding hydrogens is 302 g/mol. The van der Waals surface area contributed by atoms with E-state index in [-0.39, 0.29) is 0 Å². The fourth-order valence-electron chi connectivity index (χ4n) is 1.40. The number of halogens is 1. The molecule has 0 spiro atoms. The Morgan fingerprint density at radius 3 is 2.94 bits per heavy atom. The normalized spacial score (nSPS) is 10.8. The van der Waals surface area contributed by atoms with Gasteiger partial charge in [-0.15, -0.1) is 5.10 Å². The van der Waals surface area contributed by atoms with Crippen molar-refractivity contribution >= 4 is 27.7 Å². The summed E-state index contributed by atoms with van der Waals surface area (Å²) in [6.45, 7) is 0.626. The molecule has 0 saturated carbocycles. The first-order chi connectivity index (χ1) is 8.20. The van der Waals surface area contributed by atoms with Crippen LogP contribution in [0.2, 0.25) is 0 Å². The van der Waals surface area contributed by atoms with Gasteiger partial charge >= 0.3 is 0 Å². The van der Waals surface area contributed by atoms with Crippen molar-refractivity contribution in [3.63, 3.8) is 0 Å². The van der Waals surface area contributed by atoms with E-state index in [1.165, 1.54) is 5.56 Å². The lowest BCUT2D eigenvalue weighted by Crippen LogP contribution is -2.04. The van der Waals surface area contributed by atoms with Crippen molar-refractivity contribution < 1.29 is 0 Å². The Morgan fingerprint density at radius 1 is 1.47 bits per heavy atom. The van der Waals surface area contributed by atoms with Crippen molar-refractivity contribution in [2.45, 2.75) is 16.5 Å². The van der Waals surface area contributed by atoms with Crippen LogP contribution in [-0.4, -0.2) is 26.8 Å². The zero-order valence-electron chi connectivity index (χ0n) is 9.30. The van der Waals surface area contributed by atoms with E-state index < -0.39 is 0 Å². The molecule has 2 N–H and O–H groups in total. The molecule has 0 unspecified atom stereocenters. The minimum atomic E-state index is 0.626. The monoisotopic (exact) mass is 313 g/mol. The molecule has 1 heterocycles. The van der Waals surface area contributed by atoms with Gasteiger partial charge in [0.1, 0.15) is 0 Å². The number of aromatic nitrogens is 4. The van der Waals surface area contributed by atoms with Gasteiger partial charge in [-0.3, -0.25) is 0 Å². The summed E-state index contributed by atoms with van der Waals surface area (Å²) in [4.78, 5) is 1.14. The maximum Gasteiger partial charge on any atom is 0.213 e. The van der Waals surface area contributed by atoms with Crippen LogP contribution in [0.1, 0.15) is 5.56 Å². The van der Waals surface area contributed by atoms with Gasteiger partial charge in [0.05, 0.1) is 0 Å². The smallest absolute Gasteiger partial charge is 0.213 e. The molecule has 2 aromatic rings. The number of benzene rings is 1. The van der Waals surface area contributed by atoms with Crippen LogP contribution in [0.15, 0.2) is 32.7 Å². The quantitative estimate of drug-likeness (QED) is 0.929. The van der Waals surface area contributed by atoms with E-state index in [9.17, 15) is 0 Å². The Bertz CT molecular complexity index is 513. The van der Waals surface area contributed by atoms with E-state index in [2.05, 4.69) is 43.6 Å². The van der Waals surface area contributed by atoms with Crippen molar-refractivity contribution in [1.82, 2.24) is 20.2 Å². The molecule has 7 heteroatoms. The Balaban J connectivity index is 2.29. The minimum absolute atomic E-state index is 0.626. The average Bonchev–Trinajstić information content (AvgIpc) is 2.69. The Morgan fingerprint density at radius 2 is 2.29 bits per heavy atom. The summed E-state index contributed by atoms with van der Waals surface area (Å²) in [6, 6.07) is 6.14. The third-order valence-electron chi connectivity index (χ3n) is 2.22. The standard InChI is InChI=1S/C10H12BrN5S/c1-16-10(13-14-15-16)17-9-3-2-8(11)6-7(9)4-5-12/h2-3,6H,4-5,12H2,1H3. The second-order valence-electron chi connectivity index (χ2n) is 3.48. The van der Waals surface area contributed by atoms with E-state index in [4.69, 9.17) is 5.73 Å². The zero-order chi connectivity index (χ0) is 12.3. The summed E-state index contributed by atoms with van der Waals surface area (Å²) in [5.74, 6) is 0. The molecule has 0 saturated heterocycles. The van der Waals surface area contributed by atoms with Crippen LogP contribution in [0.5, 0.6) is 0 Å². The maximum absolute atomic E-state index is 5.61. The molecule has 1 aromatic carbocycles. The van der Waals surface area contributed by atoms with E-state index >= 15 is 0 Å². The number of tetrazole rings is 1. The number of hydrogen-bond donors (Lipinski definition) is 1. The molecule has 0 aliphatic carbocycles. The van der Waals surface area contributed by atoms with Gasteiger partial charge in [0.2, 0.25) is 5.16 Å². The number of hydrogen-bond acceptors (Lipinski definition) is 5. The molecule has 0 fully saturated rings. The van der Waals surface area contributed by atoms with Crippen LogP contribution >= 0.6 is 27.7 Å². The van der Waals surface area contributed by atoms with Crippen LogP contribution in [-0.2, 0) is 13.5 Å². The highest BCUT2D eigenvalue weighted by Crippen LogP contribution is 2.30. The van der Waals surface area contributed by atoms with Crippen LogP contribution in [0, 0.1) is 0 Å². The first kappa shape index (κ1) is 12.5. The highest BCUT2D eigenvalue weighted by Gasteiger charge is 2.09. The largest absolute Gasteiger partial charge is 0.330 e. The highest BCUT2D eigenvalue weighted by atomic mass is 79.9. The van der Waals surface area contributed by atoms with E-state index in [1.54, 1.807) is 16.4 Å². The predicted molar refractivity (Wildman–Crippen MR) is 69.8 cm³/mol. The molecule has 1 aromatic heterocycles. The molecule has 5 nitrogen and oxygen atoms in total. The van der Waals surface area contributed by atoms with Crippen molar-refractivity contribution in [1.29, 1.82) is 0 Å². The number of nitrogens with zero attached hydrogens (tertiary/aromatic N) is 4. The summed E-state index contributed by atoms with van der Waals surface area (Å²) in [5, 5.41) is 12.2. The Kier molecular flexibility index (Phi) is 4.14. The topological polar surface area (TPSA) is 69.6 Å². The van der Waals surface area contributed by atoms with E-state index in [0.29, 0.717) is 6.54 Å². The molecule has 0 bridgehead atoms. The molecular formula is C10H12BrN5S. The lowest BCUT2D eigenvalue weighted by molar-refractivity contribution is 0.664. The molecule has 2 rings (SSSR count). The molecule has 17 heavy (non-hydrogen) atoms. The van der Waals surface area contributed by atoms with Crippen molar-refractivity contribution in [2.75, 3.05) is 6.54 Å². The minimum Gasteiger partial charge on any atom is -0.330 e. The zero-order valence-corrected chi connectivity index (χ0v) is 11.7. The van der Waals surface area contributed by atoms with Crippen molar-refractivity contribution in [3.05, 3.63) is 28.2 Å². The highest BCUT2D eigenvalue weighted by molar-refractivity contribution is 9.10.